The molecule has 1 fully saturated rings. The van der Waals surface area contributed by atoms with E-state index in [0.717, 1.165) is 17.6 Å². The third kappa shape index (κ3) is 3.93. The van der Waals surface area contributed by atoms with Crippen molar-refractivity contribution in [2.45, 2.75) is 38.7 Å². The molecule has 0 bridgehead atoms. The molecule has 19 heavy (non-hydrogen) atoms. The van der Waals surface area contributed by atoms with Crippen molar-refractivity contribution in [3.63, 3.8) is 0 Å². The normalized spacial score (nSPS) is 19.6. The van der Waals surface area contributed by atoms with Crippen molar-refractivity contribution in [1.29, 1.82) is 0 Å². The first-order chi connectivity index (χ1) is 8.85. The summed E-state index contributed by atoms with van der Waals surface area (Å²) in [4.78, 5) is 17.9. The fourth-order valence-electron chi connectivity index (χ4n) is 2.20. The minimum absolute atomic E-state index is 0.219. The zero-order chi connectivity index (χ0) is 14.0. The van der Waals surface area contributed by atoms with Crippen LogP contribution >= 0.6 is 15.9 Å². The SMILES string of the molecule is CC(C)(C)OC(=O)N1CCC(c2ccnc(Br)c2)C1. The van der Waals surface area contributed by atoms with E-state index >= 15 is 0 Å². The van der Waals surface area contributed by atoms with Crippen molar-refractivity contribution in [3.05, 3.63) is 28.5 Å². The molecule has 4 nitrogen and oxygen atoms in total. The third-order valence-electron chi connectivity index (χ3n) is 3.06. The molecule has 0 N–H and O–H groups in total. The summed E-state index contributed by atoms with van der Waals surface area (Å²) in [7, 11) is 0. The van der Waals surface area contributed by atoms with Crippen LogP contribution in [0.25, 0.3) is 0 Å². The van der Waals surface area contributed by atoms with Crippen LogP contribution in [0.15, 0.2) is 22.9 Å². The molecule has 0 aliphatic carbocycles. The molecule has 1 aromatic heterocycles. The Morgan fingerprint density at radius 2 is 2.26 bits per heavy atom. The highest BCUT2D eigenvalue weighted by molar-refractivity contribution is 9.10. The predicted molar refractivity (Wildman–Crippen MR) is 77.1 cm³/mol. The zero-order valence-electron chi connectivity index (χ0n) is 11.5. The fraction of sp³-hybridized carbons (Fsp3) is 0.571. The first kappa shape index (κ1) is 14.3. The average molecular weight is 327 g/mol. The van der Waals surface area contributed by atoms with Crippen molar-refractivity contribution < 1.29 is 9.53 Å². The summed E-state index contributed by atoms with van der Waals surface area (Å²) in [5, 5.41) is 0. The van der Waals surface area contributed by atoms with Crippen LogP contribution in [0.1, 0.15) is 38.7 Å². The van der Waals surface area contributed by atoms with Crippen LogP contribution in [-0.2, 0) is 4.74 Å². The second-order valence-electron chi connectivity index (χ2n) is 5.82. The number of pyridine rings is 1. The Morgan fingerprint density at radius 3 is 2.89 bits per heavy atom. The van der Waals surface area contributed by atoms with E-state index in [0.29, 0.717) is 12.5 Å². The lowest BCUT2D eigenvalue weighted by Gasteiger charge is -2.24. The monoisotopic (exact) mass is 326 g/mol. The Morgan fingerprint density at radius 1 is 1.53 bits per heavy atom. The van der Waals surface area contributed by atoms with Crippen molar-refractivity contribution >= 4 is 22.0 Å². The van der Waals surface area contributed by atoms with Gasteiger partial charge in [0.1, 0.15) is 10.2 Å². The summed E-state index contributed by atoms with van der Waals surface area (Å²) >= 11 is 3.38. The number of halogens is 1. The van der Waals surface area contributed by atoms with Gasteiger partial charge in [-0.1, -0.05) is 0 Å². The molecule has 1 amide bonds. The molecule has 1 unspecified atom stereocenters. The lowest BCUT2D eigenvalue weighted by Crippen LogP contribution is -2.35. The lowest BCUT2D eigenvalue weighted by atomic mass is 10.00. The number of carbonyl (C=O) groups excluding carboxylic acids is 1. The van der Waals surface area contributed by atoms with Crippen LogP contribution < -0.4 is 0 Å². The third-order valence-corrected chi connectivity index (χ3v) is 3.50. The van der Waals surface area contributed by atoms with Crippen LogP contribution in [0.5, 0.6) is 0 Å². The lowest BCUT2D eigenvalue weighted by molar-refractivity contribution is 0.0292. The summed E-state index contributed by atoms with van der Waals surface area (Å²) in [6.45, 7) is 7.13. The summed E-state index contributed by atoms with van der Waals surface area (Å²) in [6.07, 6.45) is 2.54. The standard InChI is InChI=1S/C14H19BrN2O2/c1-14(2,3)19-13(18)17-7-5-11(9-17)10-4-6-16-12(15)8-10/h4,6,8,11H,5,7,9H2,1-3H3. The zero-order valence-corrected chi connectivity index (χ0v) is 13.1. The van der Waals surface area contributed by atoms with Gasteiger partial charge >= 0.3 is 6.09 Å². The Bertz CT molecular complexity index is 471. The van der Waals surface area contributed by atoms with Crippen LogP contribution in [0, 0.1) is 0 Å². The van der Waals surface area contributed by atoms with E-state index in [-0.39, 0.29) is 6.09 Å². The summed E-state index contributed by atoms with van der Waals surface area (Å²) in [5.41, 5.74) is 0.780. The van der Waals surface area contributed by atoms with Crippen molar-refractivity contribution in [3.8, 4) is 0 Å². The molecule has 1 atom stereocenters. The molecular formula is C14H19BrN2O2. The molecule has 1 saturated heterocycles. The smallest absolute Gasteiger partial charge is 0.410 e. The number of aromatic nitrogens is 1. The molecule has 1 aliphatic heterocycles. The van der Waals surface area contributed by atoms with Gasteiger partial charge in [-0.2, -0.15) is 0 Å². The number of hydrogen-bond acceptors (Lipinski definition) is 3. The largest absolute Gasteiger partial charge is 0.444 e. The molecular weight excluding hydrogens is 308 g/mol. The maximum Gasteiger partial charge on any atom is 0.410 e. The van der Waals surface area contributed by atoms with Gasteiger partial charge in [0.25, 0.3) is 0 Å². The maximum absolute atomic E-state index is 12.0. The van der Waals surface area contributed by atoms with Crippen LogP contribution in [0.2, 0.25) is 0 Å². The quantitative estimate of drug-likeness (QED) is 0.741. The van der Waals surface area contributed by atoms with Gasteiger partial charge in [-0.05, 0) is 60.8 Å². The van der Waals surface area contributed by atoms with Gasteiger partial charge in [0.2, 0.25) is 0 Å². The molecule has 1 aromatic rings. The van der Waals surface area contributed by atoms with Gasteiger partial charge in [-0.3, -0.25) is 0 Å². The van der Waals surface area contributed by atoms with Crippen LogP contribution in [0.3, 0.4) is 0 Å². The van der Waals surface area contributed by atoms with Gasteiger partial charge < -0.3 is 9.64 Å². The number of rotatable bonds is 1. The van der Waals surface area contributed by atoms with E-state index in [1.54, 1.807) is 11.1 Å². The number of amides is 1. The minimum Gasteiger partial charge on any atom is -0.444 e. The van der Waals surface area contributed by atoms with Crippen molar-refractivity contribution in [1.82, 2.24) is 9.88 Å². The molecule has 0 saturated carbocycles. The van der Waals surface area contributed by atoms with Crippen molar-refractivity contribution in [2.75, 3.05) is 13.1 Å². The first-order valence-electron chi connectivity index (χ1n) is 6.44. The van der Waals surface area contributed by atoms with Gasteiger partial charge in [0, 0.05) is 25.2 Å². The Labute approximate surface area is 122 Å². The molecule has 0 spiro atoms. The Kier molecular flexibility index (Phi) is 4.13. The minimum atomic E-state index is -0.436. The summed E-state index contributed by atoms with van der Waals surface area (Å²) < 4.78 is 6.23. The van der Waals surface area contributed by atoms with E-state index in [9.17, 15) is 4.79 Å². The molecule has 1 aliphatic rings. The second-order valence-corrected chi connectivity index (χ2v) is 6.64. The number of nitrogens with zero attached hydrogens (tertiary/aromatic N) is 2. The van der Waals surface area contributed by atoms with Crippen molar-refractivity contribution in [2.24, 2.45) is 0 Å². The van der Waals surface area contributed by atoms with E-state index in [1.165, 1.54) is 5.56 Å². The number of likely N-dealkylation sites (tertiary alicyclic amines) is 1. The topological polar surface area (TPSA) is 42.4 Å². The van der Waals surface area contributed by atoms with Gasteiger partial charge in [-0.25, -0.2) is 9.78 Å². The van der Waals surface area contributed by atoms with E-state index in [2.05, 4.69) is 20.9 Å². The van der Waals surface area contributed by atoms with Gasteiger partial charge in [-0.15, -0.1) is 0 Å². The van der Waals surface area contributed by atoms with Crippen LogP contribution in [-0.4, -0.2) is 34.7 Å². The highest BCUT2D eigenvalue weighted by Gasteiger charge is 2.30. The first-order valence-corrected chi connectivity index (χ1v) is 7.24. The van der Waals surface area contributed by atoms with E-state index in [4.69, 9.17) is 4.74 Å². The Balaban J connectivity index is 1.98. The fourth-order valence-corrected chi connectivity index (χ4v) is 2.58. The number of ether oxygens (including phenoxy) is 1. The number of hydrogen-bond donors (Lipinski definition) is 0. The molecule has 104 valence electrons. The molecule has 2 heterocycles. The molecule has 5 heteroatoms. The Hall–Kier alpha value is -1.10. The van der Waals surface area contributed by atoms with Gasteiger partial charge in [0.15, 0.2) is 0 Å². The molecule has 2 rings (SSSR count). The molecule has 0 aromatic carbocycles. The molecule has 0 radical (unpaired) electrons. The van der Waals surface area contributed by atoms with E-state index in [1.807, 2.05) is 32.9 Å². The second kappa shape index (κ2) is 5.49. The number of carbonyl (C=O) groups is 1. The highest BCUT2D eigenvalue weighted by Crippen LogP contribution is 2.29. The highest BCUT2D eigenvalue weighted by atomic mass is 79.9. The van der Waals surface area contributed by atoms with Gasteiger partial charge in [0.05, 0.1) is 0 Å². The van der Waals surface area contributed by atoms with E-state index < -0.39 is 5.60 Å². The summed E-state index contributed by atoms with van der Waals surface area (Å²) in [5.74, 6) is 0.367. The van der Waals surface area contributed by atoms with Crippen LogP contribution in [0.4, 0.5) is 4.79 Å². The average Bonchev–Trinajstić information content (AvgIpc) is 2.75. The maximum atomic E-state index is 12.0. The summed E-state index contributed by atoms with van der Waals surface area (Å²) in [6, 6.07) is 4.03. The predicted octanol–water partition coefficient (Wildman–Crippen LogP) is 3.57.